The summed E-state index contributed by atoms with van der Waals surface area (Å²) in [4.78, 5) is 0. The van der Waals surface area contributed by atoms with Crippen molar-refractivity contribution in [1.29, 1.82) is 0 Å². The van der Waals surface area contributed by atoms with Crippen molar-refractivity contribution >= 4 is 0 Å². The van der Waals surface area contributed by atoms with E-state index in [2.05, 4.69) is 13.2 Å². The number of hydrogen-bond donors (Lipinski definition) is 3. The third kappa shape index (κ3) is 18.4. The van der Waals surface area contributed by atoms with Crippen molar-refractivity contribution < 1.29 is 20.1 Å². The minimum atomic E-state index is -0.954. The van der Waals surface area contributed by atoms with Crippen LogP contribution < -0.4 is 0 Å². The highest BCUT2D eigenvalue weighted by molar-refractivity contribution is 4.68. The maximum absolute atomic E-state index is 8.17. The minimum Gasteiger partial charge on any atom is -0.394 e. The van der Waals surface area contributed by atoms with E-state index >= 15 is 0 Å². The third-order valence-corrected chi connectivity index (χ3v) is 0.893. The molecule has 0 fully saturated rings. The van der Waals surface area contributed by atoms with Crippen molar-refractivity contribution in [3.8, 4) is 0 Å². The molecule has 0 saturated heterocycles. The van der Waals surface area contributed by atoms with Crippen molar-refractivity contribution in [3.05, 3.63) is 25.3 Å². The molecule has 78 valence electrons. The molecular formula is C9H18O4. The predicted octanol–water partition coefficient (Wildman–Crippen LogP) is -0.293. The molecule has 13 heavy (non-hydrogen) atoms. The lowest BCUT2D eigenvalue weighted by atomic mass is 10.4. The SMILES string of the molecule is C=CCOCC=C.OCC(O)CO. The number of hydrogen-bond acceptors (Lipinski definition) is 4. The molecular weight excluding hydrogens is 172 g/mol. The van der Waals surface area contributed by atoms with E-state index in [9.17, 15) is 0 Å². The molecule has 0 radical (unpaired) electrons. The molecule has 0 amide bonds. The Bertz CT molecular complexity index is 102. The van der Waals surface area contributed by atoms with E-state index in [-0.39, 0.29) is 13.2 Å². The van der Waals surface area contributed by atoms with Crippen LogP contribution in [0.4, 0.5) is 0 Å². The predicted molar refractivity (Wildman–Crippen MR) is 51.4 cm³/mol. The zero-order valence-electron chi connectivity index (χ0n) is 7.72. The lowest BCUT2D eigenvalue weighted by Crippen LogP contribution is -2.15. The molecule has 0 aromatic heterocycles. The van der Waals surface area contributed by atoms with Gasteiger partial charge in [0.1, 0.15) is 6.10 Å². The summed E-state index contributed by atoms with van der Waals surface area (Å²) < 4.78 is 4.90. The molecule has 4 heteroatoms. The van der Waals surface area contributed by atoms with Crippen LogP contribution in [0, 0.1) is 0 Å². The van der Waals surface area contributed by atoms with Crippen LogP contribution in [0.5, 0.6) is 0 Å². The molecule has 0 unspecified atom stereocenters. The van der Waals surface area contributed by atoms with Crippen molar-refractivity contribution in [1.82, 2.24) is 0 Å². The van der Waals surface area contributed by atoms with Crippen LogP contribution in [0.1, 0.15) is 0 Å². The van der Waals surface area contributed by atoms with Gasteiger partial charge in [0, 0.05) is 0 Å². The molecule has 0 rings (SSSR count). The van der Waals surface area contributed by atoms with E-state index in [4.69, 9.17) is 20.1 Å². The Morgan fingerprint density at radius 3 is 1.62 bits per heavy atom. The largest absolute Gasteiger partial charge is 0.394 e. The topological polar surface area (TPSA) is 69.9 Å². The highest BCUT2D eigenvalue weighted by Crippen LogP contribution is 1.73. The Morgan fingerprint density at radius 2 is 1.46 bits per heavy atom. The molecule has 0 spiro atoms. The van der Waals surface area contributed by atoms with Gasteiger partial charge in [-0.15, -0.1) is 13.2 Å². The van der Waals surface area contributed by atoms with Crippen LogP contribution >= 0.6 is 0 Å². The lowest BCUT2D eigenvalue weighted by Gasteiger charge is -1.96. The molecule has 0 bridgehead atoms. The zero-order valence-corrected chi connectivity index (χ0v) is 7.72. The van der Waals surface area contributed by atoms with Crippen LogP contribution in [0.3, 0.4) is 0 Å². The van der Waals surface area contributed by atoms with E-state index in [0.717, 1.165) is 0 Å². The number of aliphatic hydroxyl groups excluding tert-OH is 3. The van der Waals surface area contributed by atoms with Crippen molar-refractivity contribution in [2.75, 3.05) is 26.4 Å². The van der Waals surface area contributed by atoms with Gasteiger partial charge in [-0.05, 0) is 0 Å². The Morgan fingerprint density at radius 1 is 1.08 bits per heavy atom. The summed E-state index contributed by atoms with van der Waals surface area (Å²) in [6.45, 7) is 7.45. The third-order valence-electron chi connectivity index (χ3n) is 0.893. The monoisotopic (exact) mass is 190 g/mol. The molecule has 4 nitrogen and oxygen atoms in total. The highest BCUT2D eigenvalue weighted by Gasteiger charge is 1.93. The van der Waals surface area contributed by atoms with E-state index in [1.807, 2.05) is 0 Å². The normalized spacial score (nSPS) is 8.92. The fraction of sp³-hybridized carbons (Fsp3) is 0.556. The van der Waals surface area contributed by atoms with Crippen molar-refractivity contribution in [2.45, 2.75) is 6.10 Å². The summed E-state index contributed by atoms with van der Waals surface area (Å²) in [6, 6.07) is 0. The van der Waals surface area contributed by atoms with Gasteiger partial charge >= 0.3 is 0 Å². The van der Waals surface area contributed by atoms with Crippen molar-refractivity contribution in [2.24, 2.45) is 0 Å². The maximum Gasteiger partial charge on any atom is 0.100 e. The molecule has 0 aromatic carbocycles. The van der Waals surface area contributed by atoms with Gasteiger partial charge in [0.25, 0.3) is 0 Å². The molecule has 3 N–H and O–H groups in total. The molecule has 0 aromatic rings. The van der Waals surface area contributed by atoms with Gasteiger partial charge in [0.15, 0.2) is 0 Å². The van der Waals surface area contributed by atoms with E-state index in [0.29, 0.717) is 13.2 Å². The minimum absolute atomic E-state index is 0.365. The van der Waals surface area contributed by atoms with Crippen LogP contribution in [-0.2, 0) is 4.74 Å². The average Bonchev–Trinajstić information content (AvgIpc) is 2.18. The molecule has 0 atom stereocenters. The van der Waals surface area contributed by atoms with E-state index < -0.39 is 6.10 Å². The van der Waals surface area contributed by atoms with Crippen LogP contribution in [-0.4, -0.2) is 47.9 Å². The second kappa shape index (κ2) is 13.9. The van der Waals surface area contributed by atoms with E-state index in [1.54, 1.807) is 12.2 Å². The van der Waals surface area contributed by atoms with Gasteiger partial charge < -0.3 is 20.1 Å². The number of rotatable bonds is 6. The molecule has 0 saturated carbocycles. The summed E-state index contributed by atoms with van der Waals surface area (Å²) in [5, 5.41) is 24.0. The first-order valence-corrected chi connectivity index (χ1v) is 3.92. The van der Waals surface area contributed by atoms with Gasteiger partial charge in [-0.1, -0.05) is 12.2 Å². The van der Waals surface area contributed by atoms with Gasteiger partial charge in [-0.2, -0.15) is 0 Å². The van der Waals surface area contributed by atoms with Gasteiger partial charge in [0.2, 0.25) is 0 Å². The standard InChI is InChI=1S/C6H10O.C3H8O3/c1-3-5-7-6-4-2;4-1-3(6)2-5/h3-4H,1-2,5-6H2;3-6H,1-2H2. The Hall–Kier alpha value is -0.680. The van der Waals surface area contributed by atoms with Crippen molar-refractivity contribution in [3.63, 3.8) is 0 Å². The number of aliphatic hydroxyl groups is 3. The van der Waals surface area contributed by atoms with Crippen LogP contribution in [0.15, 0.2) is 25.3 Å². The number of ether oxygens (including phenoxy) is 1. The zero-order chi connectivity index (χ0) is 10.5. The fourth-order valence-corrected chi connectivity index (χ4v) is 0.292. The Labute approximate surface area is 78.8 Å². The second-order valence-corrected chi connectivity index (χ2v) is 2.13. The average molecular weight is 190 g/mol. The Kier molecular flexibility index (Phi) is 15.8. The summed E-state index contributed by atoms with van der Waals surface area (Å²) in [6.07, 6.45) is 2.47. The molecule has 0 heterocycles. The summed E-state index contributed by atoms with van der Waals surface area (Å²) in [5.74, 6) is 0. The molecule has 0 aliphatic carbocycles. The van der Waals surface area contributed by atoms with Gasteiger partial charge in [-0.3, -0.25) is 0 Å². The highest BCUT2D eigenvalue weighted by atomic mass is 16.5. The van der Waals surface area contributed by atoms with Gasteiger partial charge in [0.05, 0.1) is 26.4 Å². The van der Waals surface area contributed by atoms with Gasteiger partial charge in [-0.25, -0.2) is 0 Å². The molecule has 0 aliphatic heterocycles. The second-order valence-electron chi connectivity index (χ2n) is 2.13. The fourth-order valence-electron chi connectivity index (χ4n) is 0.292. The summed E-state index contributed by atoms with van der Waals surface area (Å²) in [7, 11) is 0. The molecule has 0 aliphatic rings. The van der Waals surface area contributed by atoms with Crippen LogP contribution in [0.2, 0.25) is 0 Å². The van der Waals surface area contributed by atoms with E-state index in [1.165, 1.54) is 0 Å². The van der Waals surface area contributed by atoms with Crippen LogP contribution in [0.25, 0.3) is 0 Å². The smallest absolute Gasteiger partial charge is 0.100 e. The maximum atomic E-state index is 8.17. The quantitative estimate of drug-likeness (QED) is 0.397. The first kappa shape index (κ1) is 14.8. The Balaban J connectivity index is 0. The first-order valence-electron chi connectivity index (χ1n) is 3.92. The first-order chi connectivity index (χ1) is 6.22. The summed E-state index contributed by atoms with van der Waals surface area (Å²) in [5.41, 5.74) is 0. The lowest BCUT2D eigenvalue weighted by molar-refractivity contribution is 0.0450. The summed E-state index contributed by atoms with van der Waals surface area (Å²) >= 11 is 0.